The molecule has 0 spiro atoms. The van der Waals surface area contributed by atoms with Gasteiger partial charge in [-0.15, -0.1) is 0 Å². The molecule has 6 nitrogen and oxygen atoms in total. The average Bonchev–Trinajstić information content (AvgIpc) is 3.19. The standard InChI is InChI=1S/C29H33N3O3/c1-32(2)18-10-17-30-28(33)27(19-21-11-4-3-5-12-21)31-29(34)35-20-26-24-15-8-6-13-22(24)23-14-7-9-16-25(23)26/h3-9,11-16,26-27H,10,17-20H2,1-2H3,(H,30,33)(H,31,34)/t27-/m1/s1. The number of rotatable bonds is 10. The summed E-state index contributed by atoms with van der Waals surface area (Å²) in [7, 11) is 4.00. The number of nitrogens with one attached hydrogen (secondary N) is 2. The van der Waals surface area contributed by atoms with E-state index in [1.54, 1.807) is 0 Å². The van der Waals surface area contributed by atoms with Crippen LogP contribution >= 0.6 is 0 Å². The summed E-state index contributed by atoms with van der Waals surface area (Å²) in [5.74, 6) is -0.235. The van der Waals surface area contributed by atoms with Crippen molar-refractivity contribution in [1.82, 2.24) is 15.5 Å². The van der Waals surface area contributed by atoms with Crippen LogP contribution < -0.4 is 10.6 Å². The van der Waals surface area contributed by atoms with Crippen molar-refractivity contribution in [3.05, 3.63) is 95.6 Å². The fraction of sp³-hybridized carbons (Fsp3) is 0.310. The Bertz CT molecular complexity index is 1100. The van der Waals surface area contributed by atoms with Gasteiger partial charge >= 0.3 is 6.09 Å². The Labute approximate surface area is 207 Å². The molecule has 0 heterocycles. The Morgan fingerprint density at radius 2 is 1.49 bits per heavy atom. The summed E-state index contributed by atoms with van der Waals surface area (Å²) in [5, 5.41) is 5.75. The Morgan fingerprint density at radius 1 is 0.886 bits per heavy atom. The van der Waals surface area contributed by atoms with E-state index in [0.717, 1.165) is 29.7 Å². The minimum Gasteiger partial charge on any atom is -0.449 e. The number of alkyl carbamates (subject to hydrolysis) is 1. The SMILES string of the molecule is CN(C)CCCNC(=O)[C@@H](Cc1ccccc1)NC(=O)OCC1c2ccccc2-c2ccccc21. The van der Waals surface area contributed by atoms with Crippen LogP contribution in [0.5, 0.6) is 0 Å². The highest BCUT2D eigenvalue weighted by Crippen LogP contribution is 2.44. The summed E-state index contributed by atoms with van der Waals surface area (Å²) < 4.78 is 5.68. The molecular formula is C29H33N3O3. The fourth-order valence-corrected chi connectivity index (χ4v) is 4.57. The molecule has 0 bridgehead atoms. The first-order valence-electron chi connectivity index (χ1n) is 12.1. The van der Waals surface area contributed by atoms with Gasteiger partial charge in [-0.25, -0.2) is 4.79 Å². The van der Waals surface area contributed by atoms with Crippen LogP contribution in [0.15, 0.2) is 78.9 Å². The van der Waals surface area contributed by atoms with Gasteiger partial charge in [-0.05, 0) is 54.9 Å². The van der Waals surface area contributed by atoms with Crippen LogP contribution in [-0.2, 0) is 16.0 Å². The lowest BCUT2D eigenvalue weighted by Crippen LogP contribution is -2.48. The second-order valence-corrected chi connectivity index (χ2v) is 9.16. The molecule has 1 atom stereocenters. The lowest BCUT2D eigenvalue weighted by Gasteiger charge is -2.20. The van der Waals surface area contributed by atoms with Crippen molar-refractivity contribution < 1.29 is 14.3 Å². The summed E-state index contributed by atoms with van der Waals surface area (Å²) in [6, 6.07) is 25.4. The highest BCUT2D eigenvalue weighted by molar-refractivity contribution is 5.86. The van der Waals surface area contributed by atoms with Gasteiger partial charge in [0, 0.05) is 18.9 Å². The minimum atomic E-state index is -0.715. The van der Waals surface area contributed by atoms with Crippen molar-refractivity contribution in [3.63, 3.8) is 0 Å². The molecule has 0 aromatic heterocycles. The Balaban J connectivity index is 1.40. The van der Waals surface area contributed by atoms with Gasteiger partial charge in [0.25, 0.3) is 0 Å². The topological polar surface area (TPSA) is 70.7 Å². The number of fused-ring (bicyclic) bond motifs is 3. The molecule has 182 valence electrons. The zero-order valence-corrected chi connectivity index (χ0v) is 20.4. The molecular weight excluding hydrogens is 438 g/mol. The van der Waals surface area contributed by atoms with E-state index in [9.17, 15) is 9.59 Å². The Kier molecular flexibility index (Phi) is 8.16. The number of benzene rings is 3. The second-order valence-electron chi connectivity index (χ2n) is 9.16. The maximum absolute atomic E-state index is 12.9. The molecule has 0 saturated carbocycles. The smallest absolute Gasteiger partial charge is 0.407 e. The second kappa shape index (κ2) is 11.7. The van der Waals surface area contributed by atoms with Crippen LogP contribution in [0.1, 0.15) is 29.0 Å². The molecule has 3 aromatic carbocycles. The predicted molar refractivity (Wildman–Crippen MR) is 138 cm³/mol. The van der Waals surface area contributed by atoms with E-state index in [4.69, 9.17) is 4.74 Å². The first-order chi connectivity index (χ1) is 17.0. The minimum absolute atomic E-state index is 0.0272. The molecule has 35 heavy (non-hydrogen) atoms. The third-order valence-electron chi connectivity index (χ3n) is 6.32. The van der Waals surface area contributed by atoms with E-state index in [1.807, 2.05) is 68.7 Å². The number of nitrogens with zero attached hydrogens (tertiary/aromatic N) is 1. The van der Waals surface area contributed by atoms with E-state index < -0.39 is 12.1 Å². The first kappa shape index (κ1) is 24.5. The van der Waals surface area contributed by atoms with Crippen LogP contribution in [0.25, 0.3) is 11.1 Å². The van der Waals surface area contributed by atoms with E-state index >= 15 is 0 Å². The Hall–Kier alpha value is -3.64. The summed E-state index contributed by atoms with van der Waals surface area (Å²) in [6.45, 7) is 1.64. The van der Waals surface area contributed by atoms with Crippen LogP contribution in [0, 0.1) is 0 Å². The van der Waals surface area contributed by atoms with Gasteiger partial charge in [-0.2, -0.15) is 0 Å². The molecule has 2 N–H and O–H groups in total. The van der Waals surface area contributed by atoms with Crippen molar-refractivity contribution in [2.75, 3.05) is 33.8 Å². The Morgan fingerprint density at radius 3 is 2.11 bits per heavy atom. The van der Waals surface area contributed by atoms with E-state index in [1.165, 1.54) is 11.1 Å². The fourth-order valence-electron chi connectivity index (χ4n) is 4.57. The van der Waals surface area contributed by atoms with Gasteiger partial charge in [-0.3, -0.25) is 4.79 Å². The van der Waals surface area contributed by atoms with Gasteiger partial charge in [0.15, 0.2) is 0 Å². The highest BCUT2D eigenvalue weighted by Gasteiger charge is 2.29. The van der Waals surface area contributed by atoms with E-state index in [-0.39, 0.29) is 18.4 Å². The largest absolute Gasteiger partial charge is 0.449 e. The number of carbonyl (C=O) groups excluding carboxylic acids is 2. The van der Waals surface area contributed by atoms with Crippen LogP contribution in [0.4, 0.5) is 4.79 Å². The molecule has 1 aliphatic rings. The molecule has 0 fully saturated rings. The maximum atomic E-state index is 12.9. The van der Waals surface area contributed by atoms with Gasteiger partial charge in [0.1, 0.15) is 12.6 Å². The molecule has 0 aliphatic heterocycles. The zero-order valence-electron chi connectivity index (χ0n) is 20.4. The zero-order chi connectivity index (χ0) is 24.6. The van der Waals surface area contributed by atoms with E-state index in [0.29, 0.717) is 13.0 Å². The summed E-state index contributed by atoms with van der Waals surface area (Å²) in [4.78, 5) is 27.8. The van der Waals surface area contributed by atoms with Gasteiger partial charge in [-0.1, -0.05) is 78.9 Å². The van der Waals surface area contributed by atoms with Gasteiger partial charge in [0.05, 0.1) is 0 Å². The van der Waals surface area contributed by atoms with Crippen LogP contribution in [0.3, 0.4) is 0 Å². The molecule has 0 unspecified atom stereocenters. The quantitative estimate of drug-likeness (QED) is 0.435. The summed E-state index contributed by atoms with van der Waals surface area (Å²) in [5.41, 5.74) is 5.63. The maximum Gasteiger partial charge on any atom is 0.407 e. The monoisotopic (exact) mass is 471 g/mol. The number of hydrogen-bond donors (Lipinski definition) is 2. The van der Waals surface area contributed by atoms with Crippen molar-refractivity contribution in [2.45, 2.75) is 24.8 Å². The molecule has 1 aliphatic carbocycles. The molecule has 6 heteroatoms. The van der Waals surface area contributed by atoms with Crippen molar-refractivity contribution >= 4 is 12.0 Å². The summed E-state index contributed by atoms with van der Waals surface area (Å²) >= 11 is 0. The third-order valence-corrected chi connectivity index (χ3v) is 6.32. The van der Waals surface area contributed by atoms with Gasteiger partial charge in [0.2, 0.25) is 5.91 Å². The average molecular weight is 472 g/mol. The van der Waals surface area contributed by atoms with Crippen molar-refractivity contribution in [1.29, 1.82) is 0 Å². The highest BCUT2D eigenvalue weighted by atomic mass is 16.5. The molecule has 0 radical (unpaired) electrons. The molecule has 0 saturated heterocycles. The lowest BCUT2D eigenvalue weighted by atomic mass is 9.98. The number of amides is 2. The van der Waals surface area contributed by atoms with Crippen LogP contribution in [0.2, 0.25) is 0 Å². The first-order valence-corrected chi connectivity index (χ1v) is 12.1. The third kappa shape index (κ3) is 6.28. The van der Waals surface area contributed by atoms with Crippen molar-refractivity contribution in [3.8, 4) is 11.1 Å². The van der Waals surface area contributed by atoms with Crippen LogP contribution in [-0.4, -0.2) is 56.7 Å². The number of hydrogen-bond acceptors (Lipinski definition) is 4. The molecule has 3 aromatic rings. The summed E-state index contributed by atoms with van der Waals surface area (Å²) in [6.07, 6.45) is 0.642. The number of carbonyl (C=O) groups is 2. The molecule has 4 rings (SSSR count). The number of ether oxygens (including phenoxy) is 1. The normalized spacial score (nSPS) is 13.1. The molecule has 2 amide bonds. The lowest BCUT2D eigenvalue weighted by molar-refractivity contribution is -0.123. The van der Waals surface area contributed by atoms with Gasteiger partial charge < -0.3 is 20.3 Å². The van der Waals surface area contributed by atoms with Crippen molar-refractivity contribution in [2.24, 2.45) is 0 Å². The van der Waals surface area contributed by atoms with E-state index in [2.05, 4.69) is 39.8 Å². The predicted octanol–water partition coefficient (Wildman–Crippen LogP) is 4.20.